The van der Waals surface area contributed by atoms with E-state index < -0.39 is 0 Å². The first-order chi connectivity index (χ1) is 9.13. The quantitative estimate of drug-likeness (QED) is 0.794. The molecule has 0 aromatic heterocycles. The van der Waals surface area contributed by atoms with Crippen LogP contribution in [-0.4, -0.2) is 62.7 Å². The molecule has 3 unspecified atom stereocenters. The lowest BCUT2D eigenvalue weighted by Gasteiger charge is -2.28. The van der Waals surface area contributed by atoms with Crippen LogP contribution in [0.3, 0.4) is 0 Å². The maximum absolute atomic E-state index is 3.76. The Labute approximate surface area is 119 Å². The third kappa shape index (κ3) is 5.41. The van der Waals surface area contributed by atoms with E-state index >= 15 is 0 Å². The van der Waals surface area contributed by atoms with Crippen LogP contribution in [0.4, 0.5) is 0 Å². The molecule has 112 valence electrons. The number of hydrogen-bond donors (Lipinski definition) is 1. The SMILES string of the molecule is CC1CCCC(NCCN(C)CC2CCN(C)C2)C1. The van der Waals surface area contributed by atoms with Crippen LogP contribution in [0.2, 0.25) is 0 Å². The third-order valence-corrected chi connectivity index (χ3v) is 4.92. The van der Waals surface area contributed by atoms with E-state index in [9.17, 15) is 0 Å². The molecule has 2 aliphatic rings. The Balaban J connectivity index is 1.54. The van der Waals surface area contributed by atoms with Crippen LogP contribution < -0.4 is 5.32 Å². The van der Waals surface area contributed by atoms with Crippen molar-refractivity contribution >= 4 is 0 Å². The predicted molar refractivity (Wildman–Crippen MR) is 82.5 cm³/mol. The Hall–Kier alpha value is -0.120. The first-order valence-corrected chi connectivity index (χ1v) is 8.24. The monoisotopic (exact) mass is 267 g/mol. The molecule has 1 saturated heterocycles. The normalized spacial score (nSPS) is 33.2. The first-order valence-electron chi connectivity index (χ1n) is 8.24. The second-order valence-corrected chi connectivity index (χ2v) is 7.10. The molecule has 1 aliphatic heterocycles. The van der Waals surface area contributed by atoms with Crippen molar-refractivity contribution in [3.8, 4) is 0 Å². The molecule has 1 heterocycles. The number of nitrogens with zero attached hydrogens (tertiary/aromatic N) is 2. The minimum Gasteiger partial charge on any atom is -0.313 e. The molecule has 0 radical (unpaired) electrons. The fraction of sp³-hybridized carbons (Fsp3) is 1.00. The zero-order chi connectivity index (χ0) is 13.7. The molecule has 0 amide bonds. The van der Waals surface area contributed by atoms with E-state index in [-0.39, 0.29) is 0 Å². The van der Waals surface area contributed by atoms with Gasteiger partial charge < -0.3 is 15.1 Å². The number of hydrogen-bond acceptors (Lipinski definition) is 3. The van der Waals surface area contributed by atoms with Crippen molar-refractivity contribution in [1.29, 1.82) is 0 Å². The predicted octanol–water partition coefficient (Wildman–Crippen LogP) is 2.04. The Bertz CT molecular complexity index is 256. The second kappa shape index (κ2) is 7.61. The van der Waals surface area contributed by atoms with Gasteiger partial charge in [-0.2, -0.15) is 0 Å². The highest BCUT2D eigenvalue weighted by atomic mass is 15.2. The Morgan fingerprint density at radius 2 is 2.11 bits per heavy atom. The zero-order valence-corrected chi connectivity index (χ0v) is 13.2. The number of likely N-dealkylation sites (tertiary alicyclic amines) is 1. The highest BCUT2D eigenvalue weighted by molar-refractivity contribution is 4.78. The lowest BCUT2D eigenvalue weighted by Crippen LogP contribution is -2.39. The van der Waals surface area contributed by atoms with Crippen molar-refractivity contribution in [2.24, 2.45) is 11.8 Å². The zero-order valence-electron chi connectivity index (χ0n) is 13.2. The Morgan fingerprint density at radius 1 is 1.26 bits per heavy atom. The molecule has 1 N–H and O–H groups in total. The minimum absolute atomic E-state index is 0.787. The fourth-order valence-corrected chi connectivity index (χ4v) is 3.79. The summed E-state index contributed by atoms with van der Waals surface area (Å²) in [6.07, 6.45) is 7.02. The number of likely N-dealkylation sites (N-methyl/N-ethyl adjacent to an activating group) is 1. The molecule has 3 nitrogen and oxygen atoms in total. The Kier molecular flexibility index (Phi) is 6.11. The molecule has 1 saturated carbocycles. The van der Waals surface area contributed by atoms with Crippen LogP contribution in [0.25, 0.3) is 0 Å². The molecule has 3 heteroatoms. The van der Waals surface area contributed by atoms with Gasteiger partial charge in [-0.3, -0.25) is 0 Å². The van der Waals surface area contributed by atoms with Gasteiger partial charge in [0.2, 0.25) is 0 Å². The van der Waals surface area contributed by atoms with E-state index in [1.807, 2.05) is 0 Å². The van der Waals surface area contributed by atoms with Gasteiger partial charge in [0.25, 0.3) is 0 Å². The van der Waals surface area contributed by atoms with Crippen molar-refractivity contribution < 1.29 is 0 Å². The molecular formula is C16H33N3. The van der Waals surface area contributed by atoms with Crippen molar-refractivity contribution in [1.82, 2.24) is 15.1 Å². The summed E-state index contributed by atoms with van der Waals surface area (Å²) in [6.45, 7) is 8.61. The summed E-state index contributed by atoms with van der Waals surface area (Å²) in [5.74, 6) is 1.82. The van der Waals surface area contributed by atoms with Crippen LogP contribution >= 0.6 is 0 Å². The molecule has 0 aromatic carbocycles. The van der Waals surface area contributed by atoms with Gasteiger partial charge in [-0.05, 0) is 51.7 Å². The van der Waals surface area contributed by atoms with Crippen molar-refractivity contribution in [2.75, 3.05) is 46.8 Å². The lowest BCUT2D eigenvalue weighted by molar-refractivity contribution is 0.253. The molecule has 0 aromatic rings. The molecule has 1 aliphatic carbocycles. The van der Waals surface area contributed by atoms with Gasteiger partial charge >= 0.3 is 0 Å². The van der Waals surface area contributed by atoms with Crippen LogP contribution in [-0.2, 0) is 0 Å². The third-order valence-electron chi connectivity index (χ3n) is 4.92. The van der Waals surface area contributed by atoms with Crippen LogP contribution in [0.1, 0.15) is 39.0 Å². The minimum atomic E-state index is 0.787. The maximum Gasteiger partial charge on any atom is 0.0104 e. The van der Waals surface area contributed by atoms with Crippen LogP contribution in [0.15, 0.2) is 0 Å². The largest absolute Gasteiger partial charge is 0.313 e. The summed E-state index contributed by atoms with van der Waals surface area (Å²) in [4.78, 5) is 4.98. The average molecular weight is 267 g/mol. The van der Waals surface area contributed by atoms with Gasteiger partial charge in [0, 0.05) is 32.2 Å². The van der Waals surface area contributed by atoms with Crippen molar-refractivity contribution in [3.05, 3.63) is 0 Å². The lowest BCUT2D eigenvalue weighted by atomic mass is 9.87. The molecule has 3 atom stereocenters. The molecular weight excluding hydrogens is 234 g/mol. The summed E-state index contributed by atoms with van der Waals surface area (Å²) in [7, 11) is 4.52. The van der Waals surface area contributed by atoms with Gasteiger partial charge in [-0.15, -0.1) is 0 Å². The van der Waals surface area contributed by atoms with E-state index in [0.717, 1.165) is 24.4 Å². The highest BCUT2D eigenvalue weighted by Crippen LogP contribution is 2.23. The van der Waals surface area contributed by atoms with E-state index in [1.54, 1.807) is 0 Å². The van der Waals surface area contributed by atoms with E-state index in [4.69, 9.17) is 0 Å². The molecule has 0 spiro atoms. The summed E-state index contributed by atoms with van der Waals surface area (Å²) >= 11 is 0. The Morgan fingerprint density at radius 3 is 2.79 bits per heavy atom. The summed E-state index contributed by atoms with van der Waals surface area (Å²) < 4.78 is 0. The van der Waals surface area contributed by atoms with E-state index in [2.05, 4.69) is 36.1 Å². The first kappa shape index (κ1) is 15.3. The van der Waals surface area contributed by atoms with Crippen LogP contribution in [0.5, 0.6) is 0 Å². The van der Waals surface area contributed by atoms with Crippen molar-refractivity contribution in [2.45, 2.75) is 45.1 Å². The average Bonchev–Trinajstić information content (AvgIpc) is 2.75. The topological polar surface area (TPSA) is 18.5 Å². The van der Waals surface area contributed by atoms with Gasteiger partial charge in [0.15, 0.2) is 0 Å². The second-order valence-electron chi connectivity index (χ2n) is 7.10. The van der Waals surface area contributed by atoms with Gasteiger partial charge in [0.1, 0.15) is 0 Å². The van der Waals surface area contributed by atoms with Crippen LogP contribution in [0, 0.1) is 11.8 Å². The summed E-state index contributed by atoms with van der Waals surface area (Å²) in [5.41, 5.74) is 0. The van der Waals surface area contributed by atoms with Crippen molar-refractivity contribution in [3.63, 3.8) is 0 Å². The fourth-order valence-electron chi connectivity index (χ4n) is 3.79. The van der Waals surface area contributed by atoms with Gasteiger partial charge in [0.05, 0.1) is 0 Å². The standard InChI is InChI=1S/C16H33N3/c1-14-5-4-6-16(11-14)17-8-10-19(3)13-15-7-9-18(2)12-15/h14-17H,4-13H2,1-3H3. The molecule has 19 heavy (non-hydrogen) atoms. The molecule has 2 rings (SSSR count). The number of rotatable bonds is 6. The maximum atomic E-state index is 3.76. The highest BCUT2D eigenvalue weighted by Gasteiger charge is 2.21. The van der Waals surface area contributed by atoms with E-state index in [1.165, 1.54) is 58.3 Å². The smallest absolute Gasteiger partial charge is 0.0104 e. The summed E-state index contributed by atoms with van der Waals surface area (Å²) in [6, 6.07) is 0.787. The van der Waals surface area contributed by atoms with Gasteiger partial charge in [-0.25, -0.2) is 0 Å². The van der Waals surface area contributed by atoms with E-state index in [0.29, 0.717) is 0 Å². The molecule has 2 fully saturated rings. The van der Waals surface area contributed by atoms with Gasteiger partial charge in [-0.1, -0.05) is 19.8 Å². The molecule has 0 bridgehead atoms. The summed E-state index contributed by atoms with van der Waals surface area (Å²) in [5, 5.41) is 3.76. The number of nitrogens with one attached hydrogen (secondary N) is 1.